The summed E-state index contributed by atoms with van der Waals surface area (Å²) in [5.74, 6) is 0. The molecule has 1 rings (SSSR count). The molecule has 0 saturated carbocycles. The van der Waals surface area contributed by atoms with E-state index in [0.29, 0.717) is 9.50 Å². The van der Waals surface area contributed by atoms with E-state index in [1.165, 1.54) is 19.3 Å². The standard InChI is InChI=1S/C9H20GeO2/c1-8-6-5-7-9(2)10(8,11-3)12-4/h8-9H,5-7H2,1-4H3. The quantitative estimate of drug-likeness (QED) is 0.682. The molecule has 2 nitrogen and oxygen atoms in total. The molecule has 12 heavy (non-hydrogen) atoms. The van der Waals surface area contributed by atoms with Crippen LogP contribution in [0.2, 0.25) is 9.50 Å². The van der Waals surface area contributed by atoms with Gasteiger partial charge in [0.05, 0.1) is 0 Å². The molecule has 0 N–H and O–H groups in total. The van der Waals surface area contributed by atoms with Crippen LogP contribution in [0.25, 0.3) is 0 Å². The van der Waals surface area contributed by atoms with Crippen LogP contribution in [0.4, 0.5) is 0 Å². The molecule has 1 aliphatic rings. The monoisotopic (exact) mass is 234 g/mol. The first-order valence-electron chi connectivity index (χ1n) is 4.77. The molecule has 0 radical (unpaired) electrons. The van der Waals surface area contributed by atoms with Crippen molar-refractivity contribution in [2.75, 3.05) is 14.2 Å². The molecular formula is C9H20GeO2. The summed E-state index contributed by atoms with van der Waals surface area (Å²) in [5, 5.41) is 0. The van der Waals surface area contributed by atoms with Gasteiger partial charge in [-0.15, -0.1) is 0 Å². The fourth-order valence-corrected chi connectivity index (χ4v) is 10.8. The van der Waals surface area contributed by atoms with Crippen LogP contribution in [0.3, 0.4) is 0 Å². The second kappa shape index (κ2) is 4.11. The molecule has 1 aliphatic heterocycles. The Morgan fingerprint density at radius 1 is 1.00 bits per heavy atom. The average molecular weight is 233 g/mol. The maximum absolute atomic E-state index is 5.72. The number of rotatable bonds is 2. The molecule has 0 bridgehead atoms. The third-order valence-electron chi connectivity index (χ3n) is 3.29. The van der Waals surface area contributed by atoms with E-state index in [9.17, 15) is 0 Å². The summed E-state index contributed by atoms with van der Waals surface area (Å²) in [7, 11) is 3.67. The zero-order valence-electron chi connectivity index (χ0n) is 8.59. The fourth-order valence-electron chi connectivity index (χ4n) is 2.51. The van der Waals surface area contributed by atoms with Crippen molar-refractivity contribution in [1.29, 1.82) is 0 Å². The SMILES string of the molecule is C[O][Ge]1([O]C)[CH](C)CCC[CH]1C. The van der Waals surface area contributed by atoms with Gasteiger partial charge >= 0.3 is 78.3 Å². The van der Waals surface area contributed by atoms with Crippen LogP contribution >= 0.6 is 0 Å². The normalized spacial score (nSPS) is 35.0. The Labute approximate surface area is 78.7 Å². The van der Waals surface area contributed by atoms with E-state index < -0.39 is 13.9 Å². The van der Waals surface area contributed by atoms with Crippen molar-refractivity contribution in [2.24, 2.45) is 0 Å². The Balaban J connectivity index is 2.77. The van der Waals surface area contributed by atoms with E-state index in [1.807, 2.05) is 14.2 Å². The van der Waals surface area contributed by atoms with Crippen LogP contribution in [0.15, 0.2) is 0 Å². The van der Waals surface area contributed by atoms with Crippen molar-refractivity contribution >= 4 is 13.9 Å². The van der Waals surface area contributed by atoms with Gasteiger partial charge < -0.3 is 0 Å². The summed E-state index contributed by atoms with van der Waals surface area (Å²) >= 11 is -2.37. The second-order valence-corrected chi connectivity index (χ2v) is 12.7. The molecule has 1 fully saturated rings. The Bertz CT molecular complexity index is 133. The van der Waals surface area contributed by atoms with Crippen LogP contribution in [0.1, 0.15) is 33.1 Å². The molecule has 0 amide bonds. The molecule has 0 aromatic heterocycles. The van der Waals surface area contributed by atoms with E-state index in [1.54, 1.807) is 0 Å². The molecule has 2 atom stereocenters. The van der Waals surface area contributed by atoms with Crippen LogP contribution in [-0.4, -0.2) is 28.2 Å². The van der Waals surface area contributed by atoms with Crippen molar-refractivity contribution < 1.29 is 7.53 Å². The van der Waals surface area contributed by atoms with Crippen LogP contribution in [0, 0.1) is 0 Å². The summed E-state index contributed by atoms with van der Waals surface area (Å²) in [4.78, 5) is 0. The molecule has 2 unspecified atom stereocenters. The van der Waals surface area contributed by atoms with Crippen LogP contribution < -0.4 is 0 Å². The van der Waals surface area contributed by atoms with E-state index in [-0.39, 0.29) is 0 Å². The molecule has 0 aromatic rings. The number of hydrogen-bond donors (Lipinski definition) is 0. The van der Waals surface area contributed by atoms with E-state index in [0.717, 1.165) is 0 Å². The van der Waals surface area contributed by atoms with Crippen LogP contribution in [0.5, 0.6) is 0 Å². The van der Waals surface area contributed by atoms with Crippen LogP contribution in [-0.2, 0) is 7.53 Å². The molecule has 0 aliphatic carbocycles. The summed E-state index contributed by atoms with van der Waals surface area (Å²) in [5.41, 5.74) is 0. The van der Waals surface area contributed by atoms with Gasteiger partial charge in [0.15, 0.2) is 0 Å². The topological polar surface area (TPSA) is 18.5 Å². The average Bonchev–Trinajstić information content (AvgIpc) is 2.06. The van der Waals surface area contributed by atoms with E-state index in [2.05, 4.69) is 13.8 Å². The first-order chi connectivity index (χ1) is 5.67. The van der Waals surface area contributed by atoms with Gasteiger partial charge in [0.25, 0.3) is 0 Å². The van der Waals surface area contributed by atoms with Gasteiger partial charge in [0.1, 0.15) is 0 Å². The predicted octanol–water partition coefficient (Wildman–Crippen LogP) is 2.69. The fraction of sp³-hybridized carbons (Fsp3) is 1.00. The van der Waals surface area contributed by atoms with Gasteiger partial charge in [-0.1, -0.05) is 0 Å². The van der Waals surface area contributed by atoms with Crippen molar-refractivity contribution in [3.8, 4) is 0 Å². The molecule has 3 heteroatoms. The first kappa shape index (κ1) is 10.5. The summed E-state index contributed by atoms with van der Waals surface area (Å²) in [6.45, 7) is 4.59. The van der Waals surface area contributed by atoms with E-state index in [4.69, 9.17) is 7.53 Å². The molecule has 0 spiro atoms. The van der Waals surface area contributed by atoms with Gasteiger partial charge in [-0.2, -0.15) is 0 Å². The second-order valence-electron chi connectivity index (χ2n) is 3.86. The van der Waals surface area contributed by atoms with Gasteiger partial charge in [0, 0.05) is 0 Å². The maximum atomic E-state index is 5.72. The Morgan fingerprint density at radius 2 is 1.42 bits per heavy atom. The zero-order chi connectivity index (χ0) is 9.19. The minimum atomic E-state index is -2.37. The third-order valence-corrected chi connectivity index (χ3v) is 12.9. The summed E-state index contributed by atoms with van der Waals surface area (Å²) < 4.78 is 12.8. The van der Waals surface area contributed by atoms with Gasteiger partial charge in [-0.25, -0.2) is 0 Å². The first-order valence-corrected chi connectivity index (χ1v) is 8.91. The summed E-state index contributed by atoms with van der Waals surface area (Å²) in [6.07, 6.45) is 3.94. The van der Waals surface area contributed by atoms with Gasteiger partial charge in [0.2, 0.25) is 0 Å². The van der Waals surface area contributed by atoms with E-state index >= 15 is 0 Å². The molecular weight excluding hydrogens is 213 g/mol. The molecule has 1 heterocycles. The Morgan fingerprint density at radius 3 is 1.67 bits per heavy atom. The molecule has 1 saturated heterocycles. The predicted molar refractivity (Wildman–Crippen MR) is 52.5 cm³/mol. The van der Waals surface area contributed by atoms with Gasteiger partial charge in [-0.3, -0.25) is 0 Å². The van der Waals surface area contributed by atoms with Gasteiger partial charge in [-0.05, 0) is 0 Å². The minimum absolute atomic E-state index is 0.698. The Kier molecular flexibility index (Phi) is 3.62. The molecule has 72 valence electrons. The van der Waals surface area contributed by atoms with Crippen molar-refractivity contribution in [3.63, 3.8) is 0 Å². The zero-order valence-corrected chi connectivity index (χ0v) is 10.7. The molecule has 0 aromatic carbocycles. The van der Waals surface area contributed by atoms with Crippen molar-refractivity contribution in [2.45, 2.75) is 42.6 Å². The third kappa shape index (κ3) is 1.57. The van der Waals surface area contributed by atoms with Crippen molar-refractivity contribution in [3.05, 3.63) is 0 Å². The number of hydrogen-bond acceptors (Lipinski definition) is 2. The Hall–Kier alpha value is 0.463. The van der Waals surface area contributed by atoms with Crippen molar-refractivity contribution in [1.82, 2.24) is 0 Å². The summed E-state index contributed by atoms with van der Waals surface area (Å²) in [6, 6.07) is 0.